The van der Waals surface area contributed by atoms with E-state index in [0.717, 1.165) is 6.42 Å². The zero-order valence-electron chi connectivity index (χ0n) is 12.3. The summed E-state index contributed by atoms with van der Waals surface area (Å²) in [6.07, 6.45) is 5.87. The van der Waals surface area contributed by atoms with Crippen LogP contribution in [0, 0.1) is 0 Å². The molecule has 0 atom stereocenters. The lowest BCUT2D eigenvalue weighted by molar-refractivity contribution is -0.116. The van der Waals surface area contributed by atoms with E-state index < -0.39 is 0 Å². The summed E-state index contributed by atoms with van der Waals surface area (Å²) < 4.78 is 5.60. The van der Waals surface area contributed by atoms with Crippen molar-refractivity contribution in [2.24, 2.45) is 0 Å². The molecule has 116 valence electrons. The molecule has 23 heavy (non-hydrogen) atoms. The van der Waals surface area contributed by atoms with Gasteiger partial charge in [0.25, 0.3) is 0 Å². The summed E-state index contributed by atoms with van der Waals surface area (Å²) in [5, 5.41) is 6.95. The van der Waals surface area contributed by atoms with E-state index in [0.29, 0.717) is 23.7 Å². The molecule has 1 aromatic carbocycles. The molecule has 0 fully saturated rings. The molecule has 0 aliphatic heterocycles. The summed E-state index contributed by atoms with van der Waals surface area (Å²) in [7, 11) is 0. The Morgan fingerprint density at radius 3 is 3.00 bits per heavy atom. The Bertz CT molecular complexity index is 761. The van der Waals surface area contributed by atoms with Gasteiger partial charge in [-0.2, -0.15) is 11.3 Å². The molecule has 0 unspecified atom stereocenters. The van der Waals surface area contributed by atoms with Crippen molar-refractivity contribution in [3.8, 4) is 11.6 Å². The van der Waals surface area contributed by atoms with Gasteiger partial charge in [0, 0.05) is 30.6 Å². The van der Waals surface area contributed by atoms with Gasteiger partial charge in [-0.1, -0.05) is 6.07 Å². The SMILES string of the molecule is O=C(CCc1ccsc1)Nc1cccc(Oc2cnccn2)c1. The monoisotopic (exact) mass is 325 g/mol. The zero-order chi connectivity index (χ0) is 15.9. The molecule has 6 heteroatoms. The van der Waals surface area contributed by atoms with Crippen LogP contribution in [0.3, 0.4) is 0 Å². The largest absolute Gasteiger partial charge is 0.437 e. The molecule has 0 radical (unpaired) electrons. The molecule has 1 amide bonds. The fraction of sp³-hybridized carbons (Fsp3) is 0.118. The van der Waals surface area contributed by atoms with Gasteiger partial charge in [-0.15, -0.1) is 0 Å². The molecule has 5 nitrogen and oxygen atoms in total. The third-order valence-electron chi connectivity index (χ3n) is 3.10. The molecule has 1 N–H and O–H groups in total. The van der Waals surface area contributed by atoms with E-state index in [1.54, 1.807) is 35.9 Å². The minimum Gasteiger partial charge on any atom is -0.437 e. The van der Waals surface area contributed by atoms with E-state index in [1.807, 2.05) is 23.6 Å². The average Bonchev–Trinajstić information content (AvgIpc) is 3.08. The van der Waals surface area contributed by atoms with Gasteiger partial charge < -0.3 is 10.1 Å². The first-order valence-corrected chi connectivity index (χ1v) is 8.09. The Balaban J connectivity index is 1.57. The van der Waals surface area contributed by atoms with Crippen LogP contribution in [0.4, 0.5) is 5.69 Å². The molecule has 0 spiro atoms. The van der Waals surface area contributed by atoms with Gasteiger partial charge in [-0.05, 0) is 40.9 Å². The van der Waals surface area contributed by atoms with Gasteiger partial charge in [0.2, 0.25) is 11.8 Å². The number of nitrogens with one attached hydrogen (secondary N) is 1. The highest BCUT2D eigenvalue weighted by Gasteiger charge is 2.05. The number of carbonyl (C=O) groups is 1. The van der Waals surface area contributed by atoms with E-state index >= 15 is 0 Å². The van der Waals surface area contributed by atoms with Gasteiger partial charge >= 0.3 is 0 Å². The number of rotatable bonds is 6. The number of hydrogen-bond acceptors (Lipinski definition) is 5. The maximum absolute atomic E-state index is 12.0. The van der Waals surface area contributed by atoms with Crippen LogP contribution < -0.4 is 10.1 Å². The van der Waals surface area contributed by atoms with Gasteiger partial charge in [-0.3, -0.25) is 9.78 Å². The van der Waals surface area contributed by atoms with Crippen LogP contribution in [0.25, 0.3) is 0 Å². The Hall–Kier alpha value is -2.73. The summed E-state index contributed by atoms with van der Waals surface area (Å²) in [5.74, 6) is 0.988. The van der Waals surface area contributed by atoms with Crippen LogP contribution in [0.15, 0.2) is 59.7 Å². The number of ether oxygens (including phenoxy) is 1. The molecule has 0 aliphatic rings. The first kappa shape index (κ1) is 15.2. The number of hydrogen-bond donors (Lipinski definition) is 1. The molecule has 0 aliphatic carbocycles. The predicted molar refractivity (Wildman–Crippen MR) is 89.8 cm³/mol. The lowest BCUT2D eigenvalue weighted by Crippen LogP contribution is -2.12. The molecule has 0 bridgehead atoms. The van der Waals surface area contributed by atoms with E-state index in [1.165, 1.54) is 11.8 Å². The highest BCUT2D eigenvalue weighted by molar-refractivity contribution is 7.07. The minimum absolute atomic E-state index is 0.0205. The molecular weight excluding hydrogens is 310 g/mol. The number of benzene rings is 1. The van der Waals surface area contributed by atoms with E-state index in [4.69, 9.17) is 4.74 Å². The Labute approximate surface area is 138 Å². The number of thiophene rings is 1. The summed E-state index contributed by atoms with van der Waals surface area (Å²) in [6.45, 7) is 0. The van der Waals surface area contributed by atoms with Crippen LogP contribution in [-0.4, -0.2) is 15.9 Å². The minimum atomic E-state index is -0.0205. The summed E-state index contributed by atoms with van der Waals surface area (Å²) in [6, 6.07) is 9.24. The van der Waals surface area contributed by atoms with Crippen molar-refractivity contribution in [1.29, 1.82) is 0 Å². The van der Waals surface area contributed by atoms with Crippen molar-refractivity contribution in [2.75, 3.05) is 5.32 Å². The van der Waals surface area contributed by atoms with Crippen LogP contribution in [0.5, 0.6) is 11.6 Å². The van der Waals surface area contributed by atoms with Gasteiger partial charge in [0.1, 0.15) is 5.75 Å². The third-order valence-corrected chi connectivity index (χ3v) is 3.83. The Morgan fingerprint density at radius 1 is 1.26 bits per heavy atom. The second-order valence-corrected chi connectivity index (χ2v) is 5.63. The quantitative estimate of drug-likeness (QED) is 0.746. The average molecular weight is 325 g/mol. The number of nitrogens with zero attached hydrogens (tertiary/aromatic N) is 2. The number of aryl methyl sites for hydroxylation is 1. The van der Waals surface area contributed by atoms with Crippen molar-refractivity contribution in [1.82, 2.24) is 9.97 Å². The normalized spacial score (nSPS) is 10.3. The first-order valence-electron chi connectivity index (χ1n) is 7.14. The van der Waals surface area contributed by atoms with Crippen molar-refractivity contribution in [3.05, 3.63) is 65.2 Å². The van der Waals surface area contributed by atoms with Gasteiger partial charge in [0.05, 0.1) is 6.20 Å². The highest BCUT2D eigenvalue weighted by Crippen LogP contribution is 2.22. The molecule has 2 heterocycles. The maximum atomic E-state index is 12.0. The zero-order valence-corrected chi connectivity index (χ0v) is 13.1. The fourth-order valence-corrected chi connectivity index (χ4v) is 2.72. The summed E-state index contributed by atoms with van der Waals surface area (Å²) in [4.78, 5) is 20.0. The van der Waals surface area contributed by atoms with Crippen molar-refractivity contribution in [2.45, 2.75) is 12.8 Å². The topological polar surface area (TPSA) is 64.1 Å². The molecule has 3 aromatic rings. The Kier molecular flexibility index (Phi) is 4.95. The number of amides is 1. The summed E-state index contributed by atoms with van der Waals surface area (Å²) in [5.41, 5.74) is 1.88. The van der Waals surface area contributed by atoms with Gasteiger partial charge in [-0.25, -0.2) is 4.98 Å². The van der Waals surface area contributed by atoms with Crippen LogP contribution >= 0.6 is 11.3 Å². The second-order valence-electron chi connectivity index (χ2n) is 4.85. The molecular formula is C17H15N3O2S. The maximum Gasteiger partial charge on any atom is 0.237 e. The summed E-state index contributed by atoms with van der Waals surface area (Å²) >= 11 is 1.64. The lowest BCUT2D eigenvalue weighted by atomic mass is 10.2. The lowest BCUT2D eigenvalue weighted by Gasteiger charge is -2.08. The molecule has 0 saturated heterocycles. The van der Waals surface area contributed by atoms with Gasteiger partial charge in [0.15, 0.2) is 0 Å². The molecule has 2 aromatic heterocycles. The molecule has 3 rings (SSSR count). The second kappa shape index (κ2) is 7.51. The van der Waals surface area contributed by atoms with Crippen LogP contribution in [0.2, 0.25) is 0 Å². The van der Waals surface area contributed by atoms with E-state index in [-0.39, 0.29) is 5.91 Å². The van der Waals surface area contributed by atoms with Crippen LogP contribution in [0.1, 0.15) is 12.0 Å². The fourth-order valence-electron chi connectivity index (χ4n) is 2.01. The van der Waals surface area contributed by atoms with Crippen molar-refractivity contribution in [3.63, 3.8) is 0 Å². The highest BCUT2D eigenvalue weighted by atomic mass is 32.1. The molecule has 0 saturated carbocycles. The first-order chi connectivity index (χ1) is 11.3. The predicted octanol–water partition coefficient (Wildman–Crippen LogP) is 3.90. The van der Waals surface area contributed by atoms with E-state index in [2.05, 4.69) is 20.7 Å². The van der Waals surface area contributed by atoms with Crippen molar-refractivity contribution < 1.29 is 9.53 Å². The van der Waals surface area contributed by atoms with Crippen LogP contribution in [-0.2, 0) is 11.2 Å². The number of carbonyl (C=O) groups excluding carboxylic acids is 1. The Morgan fingerprint density at radius 2 is 2.22 bits per heavy atom. The third kappa shape index (κ3) is 4.62. The van der Waals surface area contributed by atoms with E-state index in [9.17, 15) is 4.79 Å². The number of aromatic nitrogens is 2. The standard InChI is InChI=1S/C17H15N3O2S/c21-16(5-4-13-6-9-23-12-13)20-14-2-1-3-15(10-14)22-17-11-18-7-8-19-17/h1-3,6-12H,4-5H2,(H,20,21). The van der Waals surface area contributed by atoms with Crippen molar-refractivity contribution >= 4 is 22.9 Å². The number of anilines is 1. The smallest absolute Gasteiger partial charge is 0.237 e.